The van der Waals surface area contributed by atoms with Crippen molar-refractivity contribution >= 4 is 28.9 Å². The number of ether oxygens (including phenoxy) is 1. The maximum atomic E-state index is 12.5. The summed E-state index contributed by atoms with van der Waals surface area (Å²) in [7, 11) is 1.58. The average Bonchev–Trinajstić information content (AvgIpc) is 2.70. The smallest absolute Gasteiger partial charge is 0.253 e. The third-order valence-electron chi connectivity index (χ3n) is 4.46. The summed E-state index contributed by atoms with van der Waals surface area (Å²) >= 11 is 6.16. The maximum absolute atomic E-state index is 12.5. The molecule has 3 aromatic rings. The largest absolute Gasteiger partial charge is 0.495 e. The molecule has 28 heavy (non-hydrogen) atoms. The van der Waals surface area contributed by atoms with Gasteiger partial charge in [-0.1, -0.05) is 35.9 Å². The molecule has 0 atom stereocenters. The van der Waals surface area contributed by atoms with Crippen LogP contribution >= 0.6 is 11.6 Å². The molecule has 6 heteroatoms. The Kier molecular flexibility index (Phi) is 6.16. The first kappa shape index (κ1) is 19.7. The quantitative estimate of drug-likeness (QED) is 0.614. The summed E-state index contributed by atoms with van der Waals surface area (Å²) in [6.07, 6.45) is 3.20. The highest BCUT2D eigenvalue weighted by molar-refractivity contribution is 6.31. The van der Waals surface area contributed by atoms with Crippen LogP contribution in [0.2, 0.25) is 5.02 Å². The van der Waals surface area contributed by atoms with Crippen molar-refractivity contribution in [3.8, 4) is 5.75 Å². The fourth-order valence-electron chi connectivity index (χ4n) is 2.80. The number of nitrogens with one attached hydrogen (secondary N) is 2. The van der Waals surface area contributed by atoms with Gasteiger partial charge in [0.2, 0.25) is 0 Å². The molecule has 0 saturated carbocycles. The van der Waals surface area contributed by atoms with Gasteiger partial charge in [-0.25, -0.2) is 0 Å². The van der Waals surface area contributed by atoms with Crippen LogP contribution in [0.25, 0.3) is 0 Å². The predicted molar refractivity (Wildman–Crippen MR) is 113 cm³/mol. The van der Waals surface area contributed by atoms with Gasteiger partial charge < -0.3 is 15.4 Å². The lowest BCUT2D eigenvalue weighted by Crippen LogP contribution is -2.23. The van der Waals surface area contributed by atoms with Crippen LogP contribution in [0.4, 0.5) is 11.4 Å². The molecule has 0 radical (unpaired) electrons. The lowest BCUT2D eigenvalue weighted by molar-refractivity contribution is 0.0950. The molecule has 144 valence electrons. The summed E-state index contributed by atoms with van der Waals surface area (Å²) in [5, 5.41) is 6.81. The van der Waals surface area contributed by atoms with Gasteiger partial charge in [0.05, 0.1) is 30.2 Å². The van der Waals surface area contributed by atoms with Gasteiger partial charge in [0, 0.05) is 23.8 Å². The molecule has 0 fully saturated rings. The van der Waals surface area contributed by atoms with Gasteiger partial charge in [0.1, 0.15) is 5.75 Å². The van der Waals surface area contributed by atoms with Crippen molar-refractivity contribution in [2.75, 3.05) is 12.4 Å². The molecule has 0 aliphatic carbocycles. The summed E-state index contributed by atoms with van der Waals surface area (Å²) in [5.41, 5.74) is 5.06. The Bertz CT molecular complexity index is 1000. The monoisotopic (exact) mass is 395 g/mol. The van der Waals surface area contributed by atoms with Crippen LogP contribution in [0, 0.1) is 13.8 Å². The van der Waals surface area contributed by atoms with Crippen molar-refractivity contribution in [1.82, 2.24) is 10.3 Å². The van der Waals surface area contributed by atoms with E-state index in [2.05, 4.69) is 15.6 Å². The molecule has 5 nitrogen and oxygen atoms in total. The van der Waals surface area contributed by atoms with E-state index in [1.807, 2.05) is 44.2 Å². The van der Waals surface area contributed by atoms with Crippen molar-refractivity contribution in [3.05, 3.63) is 82.1 Å². The number of nitrogens with zero attached hydrogens (tertiary/aromatic N) is 1. The Morgan fingerprint density at radius 2 is 1.89 bits per heavy atom. The van der Waals surface area contributed by atoms with Crippen molar-refractivity contribution in [1.29, 1.82) is 0 Å². The lowest BCUT2D eigenvalue weighted by atomic mass is 10.1. The molecule has 2 aromatic carbocycles. The molecule has 0 aliphatic heterocycles. The molecule has 1 amide bonds. The fraction of sp³-hybridized carbons (Fsp3) is 0.182. The molecule has 1 aromatic heterocycles. The first-order valence-electron chi connectivity index (χ1n) is 8.87. The Morgan fingerprint density at radius 3 is 2.64 bits per heavy atom. The normalized spacial score (nSPS) is 10.4. The minimum Gasteiger partial charge on any atom is -0.495 e. The summed E-state index contributed by atoms with van der Waals surface area (Å²) in [5.74, 6) is 0.434. The van der Waals surface area contributed by atoms with Crippen LogP contribution in [0.15, 0.2) is 54.9 Å². The molecule has 0 spiro atoms. The molecule has 2 N–H and O–H groups in total. The second-order valence-corrected chi connectivity index (χ2v) is 6.91. The Hall–Kier alpha value is -3.05. The van der Waals surface area contributed by atoms with Crippen molar-refractivity contribution in [2.45, 2.75) is 20.4 Å². The Morgan fingerprint density at radius 1 is 1.11 bits per heavy atom. The summed E-state index contributed by atoms with van der Waals surface area (Å²) in [6, 6.07) is 13.4. The van der Waals surface area contributed by atoms with Crippen LogP contribution in [-0.4, -0.2) is 18.0 Å². The van der Waals surface area contributed by atoms with Crippen LogP contribution in [0.1, 0.15) is 27.0 Å². The molecular weight excluding hydrogens is 374 g/mol. The SMILES string of the molecule is COc1cc(Cl)c(C)cc1Nc1cncc(C(=O)NCc2ccccc2C)c1. The third-order valence-corrected chi connectivity index (χ3v) is 4.87. The van der Waals surface area contributed by atoms with Gasteiger partial charge in [-0.05, 0) is 42.7 Å². The van der Waals surface area contributed by atoms with Crippen molar-refractivity contribution in [3.63, 3.8) is 0 Å². The van der Waals surface area contributed by atoms with Gasteiger partial charge in [0.25, 0.3) is 5.91 Å². The molecule has 0 bridgehead atoms. The maximum Gasteiger partial charge on any atom is 0.253 e. The second-order valence-electron chi connectivity index (χ2n) is 6.50. The Labute approximate surface area is 169 Å². The highest BCUT2D eigenvalue weighted by Gasteiger charge is 2.11. The number of anilines is 2. The zero-order chi connectivity index (χ0) is 20.1. The molecule has 0 aliphatic rings. The summed E-state index contributed by atoms with van der Waals surface area (Å²) in [6.45, 7) is 4.41. The van der Waals surface area contributed by atoms with Gasteiger partial charge in [-0.3, -0.25) is 9.78 Å². The number of benzene rings is 2. The summed E-state index contributed by atoms with van der Waals surface area (Å²) < 4.78 is 5.38. The van der Waals surface area contributed by atoms with E-state index >= 15 is 0 Å². The first-order valence-corrected chi connectivity index (χ1v) is 9.24. The van der Waals surface area contributed by atoms with Gasteiger partial charge in [-0.15, -0.1) is 0 Å². The number of rotatable bonds is 6. The zero-order valence-electron chi connectivity index (χ0n) is 16.0. The third kappa shape index (κ3) is 4.61. The number of aromatic nitrogens is 1. The molecule has 0 saturated heterocycles. The van der Waals surface area contributed by atoms with E-state index in [9.17, 15) is 4.79 Å². The van der Waals surface area contributed by atoms with Crippen molar-refractivity contribution < 1.29 is 9.53 Å². The van der Waals surface area contributed by atoms with Crippen LogP contribution in [-0.2, 0) is 6.54 Å². The minimum atomic E-state index is -0.182. The van der Waals surface area contributed by atoms with Crippen LogP contribution in [0.5, 0.6) is 5.75 Å². The molecule has 1 heterocycles. The lowest BCUT2D eigenvalue weighted by Gasteiger charge is -2.14. The van der Waals surface area contributed by atoms with E-state index in [4.69, 9.17) is 16.3 Å². The number of methoxy groups -OCH3 is 1. The molecular formula is C22H22ClN3O2. The number of amides is 1. The number of pyridine rings is 1. The highest BCUT2D eigenvalue weighted by atomic mass is 35.5. The van der Waals surface area contributed by atoms with Gasteiger partial charge in [0.15, 0.2) is 0 Å². The average molecular weight is 396 g/mol. The van der Waals surface area contributed by atoms with E-state index in [0.717, 1.165) is 22.4 Å². The fourth-order valence-corrected chi connectivity index (χ4v) is 2.96. The van der Waals surface area contributed by atoms with E-state index in [1.54, 1.807) is 31.6 Å². The van der Waals surface area contributed by atoms with Gasteiger partial charge in [-0.2, -0.15) is 0 Å². The second kappa shape index (κ2) is 8.76. The van der Waals surface area contributed by atoms with E-state index in [1.165, 1.54) is 0 Å². The number of carbonyl (C=O) groups excluding carboxylic acids is 1. The van der Waals surface area contributed by atoms with E-state index < -0.39 is 0 Å². The van der Waals surface area contributed by atoms with Crippen LogP contribution in [0.3, 0.4) is 0 Å². The van der Waals surface area contributed by atoms with E-state index in [0.29, 0.717) is 28.6 Å². The molecule has 0 unspecified atom stereocenters. The van der Waals surface area contributed by atoms with Gasteiger partial charge >= 0.3 is 0 Å². The van der Waals surface area contributed by atoms with Crippen molar-refractivity contribution in [2.24, 2.45) is 0 Å². The topological polar surface area (TPSA) is 63.2 Å². The minimum absolute atomic E-state index is 0.182. The zero-order valence-corrected chi connectivity index (χ0v) is 16.8. The number of hydrogen-bond acceptors (Lipinski definition) is 4. The highest BCUT2D eigenvalue weighted by Crippen LogP contribution is 2.33. The number of hydrogen-bond donors (Lipinski definition) is 2. The number of aryl methyl sites for hydroxylation is 2. The van der Waals surface area contributed by atoms with Crippen LogP contribution < -0.4 is 15.4 Å². The molecule has 3 rings (SSSR count). The Balaban J connectivity index is 1.74. The number of halogens is 1. The van der Waals surface area contributed by atoms with E-state index in [-0.39, 0.29) is 5.91 Å². The standard InChI is InChI=1S/C22H22ClN3O2/c1-14-6-4-5-7-16(14)12-25-22(27)17-9-18(13-24-11-17)26-20-8-15(2)19(23)10-21(20)28-3/h4-11,13,26H,12H2,1-3H3,(H,25,27). The first-order chi connectivity index (χ1) is 13.5. The summed E-state index contributed by atoms with van der Waals surface area (Å²) in [4.78, 5) is 16.7. The predicted octanol–water partition coefficient (Wildman–Crippen LogP) is 5.03. The number of carbonyl (C=O) groups is 1.